The predicted octanol–water partition coefficient (Wildman–Crippen LogP) is 4.32. The van der Waals surface area contributed by atoms with Crippen LogP contribution in [0.1, 0.15) is 63.7 Å². The second kappa shape index (κ2) is 6.50. The molecule has 1 aromatic rings. The lowest BCUT2D eigenvalue weighted by Gasteiger charge is -2.42. The van der Waals surface area contributed by atoms with E-state index in [4.69, 9.17) is 0 Å². The minimum Gasteiger partial charge on any atom is -0.387 e. The van der Waals surface area contributed by atoms with Crippen LogP contribution in [0.25, 0.3) is 0 Å². The van der Waals surface area contributed by atoms with Gasteiger partial charge in [-0.3, -0.25) is 4.90 Å². The van der Waals surface area contributed by atoms with E-state index in [1.54, 1.807) is 0 Å². The van der Waals surface area contributed by atoms with E-state index in [9.17, 15) is 5.11 Å². The van der Waals surface area contributed by atoms with Crippen LogP contribution < -0.4 is 0 Å². The lowest BCUT2D eigenvalue weighted by Crippen LogP contribution is -2.44. The first-order valence-corrected chi connectivity index (χ1v) is 8.27. The molecule has 0 aromatic heterocycles. The van der Waals surface area contributed by atoms with Crippen molar-refractivity contribution in [1.82, 2.24) is 4.90 Å². The third-order valence-corrected chi connectivity index (χ3v) is 5.40. The van der Waals surface area contributed by atoms with Crippen molar-refractivity contribution in [3.8, 4) is 0 Å². The number of aryl methyl sites for hydroxylation is 1. The molecule has 0 radical (unpaired) electrons. The molecule has 1 fully saturated rings. The summed E-state index contributed by atoms with van der Waals surface area (Å²) in [6.45, 7) is 8.96. The first-order valence-electron chi connectivity index (χ1n) is 8.27. The van der Waals surface area contributed by atoms with Crippen LogP contribution >= 0.6 is 0 Å². The maximum absolute atomic E-state index is 10.6. The van der Waals surface area contributed by atoms with Crippen LogP contribution in [0.5, 0.6) is 0 Å². The number of rotatable bonds is 4. The first kappa shape index (κ1) is 16.5. The summed E-state index contributed by atoms with van der Waals surface area (Å²) in [5, 5.41) is 10.6. The summed E-state index contributed by atoms with van der Waals surface area (Å²) in [5.74, 6) is 0. The van der Waals surface area contributed by atoms with Gasteiger partial charge in [-0.05, 0) is 57.6 Å². The zero-order valence-corrected chi connectivity index (χ0v) is 14.3. The summed E-state index contributed by atoms with van der Waals surface area (Å²) in [7, 11) is 2.17. The van der Waals surface area contributed by atoms with E-state index >= 15 is 0 Å². The average molecular weight is 289 g/mol. The van der Waals surface area contributed by atoms with Crippen molar-refractivity contribution < 1.29 is 5.11 Å². The van der Waals surface area contributed by atoms with Gasteiger partial charge in [0, 0.05) is 12.1 Å². The smallest absolute Gasteiger partial charge is 0.0942 e. The minimum atomic E-state index is -0.412. The summed E-state index contributed by atoms with van der Waals surface area (Å²) in [6, 6.07) is 9.01. The van der Waals surface area contributed by atoms with Gasteiger partial charge in [-0.25, -0.2) is 0 Å². The largest absolute Gasteiger partial charge is 0.387 e. The van der Waals surface area contributed by atoms with Gasteiger partial charge >= 0.3 is 0 Å². The Morgan fingerprint density at radius 2 is 1.67 bits per heavy atom. The Morgan fingerprint density at radius 3 is 2.19 bits per heavy atom. The van der Waals surface area contributed by atoms with Gasteiger partial charge in [0.2, 0.25) is 0 Å². The lowest BCUT2D eigenvalue weighted by atomic mass is 9.75. The maximum Gasteiger partial charge on any atom is 0.0942 e. The van der Waals surface area contributed by atoms with Gasteiger partial charge in [0.05, 0.1) is 6.10 Å². The quantitative estimate of drug-likeness (QED) is 0.892. The normalized spacial score (nSPS) is 22.2. The molecule has 1 aliphatic carbocycles. The van der Waals surface area contributed by atoms with Crippen LogP contribution in [0.15, 0.2) is 24.3 Å². The molecule has 1 saturated carbocycles. The third-order valence-electron chi connectivity index (χ3n) is 5.40. The Labute approximate surface area is 130 Å². The van der Waals surface area contributed by atoms with Crippen LogP contribution in [-0.4, -0.2) is 29.1 Å². The second-order valence-electron chi connectivity index (χ2n) is 7.66. The summed E-state index contributed by atoms with van der Waals surface area (Å²) in [5.41, 5.74) is 2.76. The lowest BCUT2D eigenvalue weighted by molar-refractivity contribution is 0.0264. The number of hydrogen-bond donors (Lipinski definition) is 1. The number of hydrogen-bond acceptors (Lipinski definition) is 2. The van der Waals surface area contributed by atoms with Crippen molar-refractivity contribution in [2.24, 2.45) is 5.41 Å². The van der Waals surface area contributed by atoms with Crippen molar-refractivity contribution in [3.63, 3.8) is 0 Å². The van der Waals surface area contributed by atoms with Crippen molar-refractivity contribution >= 4 is 0 Å². The van der Waals surface area contributed by atoms with E-state index in [0.29, 0.717) is 11.5 Å². The van der Waals surface area contributed by atoms with Gasteiger partial charge in [0.1, 0.15) is 0 Å². The van der Waals surface area contributed by atoms with E-state index in [0.717, 1.165) is 5.56 Å². The molecule has 2 rings (SSSR count). The second-order valence-corrected chi connectivity index (χ2v) is 7.66. The topological polar surface area (TPSA) is 23.5 Å². The standard InChI is InChI=1S/C19H31NO/c1-14-6-8-16(9-7-14)18(21)15(2)20(5)17-10-12-19(3,4)13-11-17/h6-9,15,17-18,21H,10-13H2,1-5H3. The number of nitrogens with zero attached hydrogens (tertiary/aromatic N) is 1. The molecule has 2 unspecified atom stereocenters. The fourth-order valence-electron chi connectivity index (χ4n) is 3.39. The molecule has 2 atom stereocenters. The molecule has 0 amide bonds. The van der Waals surface area contributed by atoms with Crippen molar-refractivity contribution in [3.05, 3.63) is 35.4 Å². The Kier molecular flexibility index (Phi) is 5.11. The monoisotopic (exact) mass is 289 g/mol. The molecule has 1 aliphatic rings. The SMILES string of the molecule is Cc1ccc(C(O)C(C)N(C)C2CCC(C)(C)CC2)cc1. The molecule has 118 valence electrons. The molecule has 1 aromatic carbocycles. The van der Waals surface area contributed by atoms with Gasteiger partial charge in [0.25, 0.3) is 0 Å². The van der Waals surface area contributed by atoms with Crippen molar-refractivity contribution in [2.45, 2.75) is 71.6 Å². The Hall–Kier alpha value is -0.860. The van der Waals surface area contributed by atoms with Gasteiger partial charge in [0.15, 0.2) is 0 Å². The zero-order valence-electron chi connectivity index (χ0n) is 14.3. The first-order chi connectivity index (χ1) is 9.80. The average Bonchev–Trinajstić information content (AvgIpc) is 2.46. The zero-order chi connectivity index (χ0) is 15.6. The van der Waals surface area contributed by atoms with Gasteiger partial charge in [-0.15, -0.1) is 0 Å². The van der Waals surface area contributed by atoms with Crippen LogP contribution in [0.2, 0.25) is 0 Å². The molecule has 2 heteroatoms. The summed E-state index contributed by atoms with van der Waals surface area (Å²) < 4.78 is 0. The molecule has 0 aliphatic heterocycles. The molecule has 2 nitrogen and oxygen atoms in total. The van der Waals surface area contributed by atoms with Gasteiger partial charge in [-0.2, -0.15) is 0 Å². The van der Waals surface area contributed by atoms with Crippen LogP contribution in [0.4, 0.5) is 0 Å². The highest BCUT2D eigenvalue weighted by Gasteiger charge is 2.32. The number of aliphatic hydroxyl groups is 1. The molecular weight excluding hydrogens is 258 g/mol. The predicted molar refractivity (Wildman–Crippen MR) is 89.4 cm³/mol. The van der Waals surface area contributed by atoms with E-state index in [2.05, 4.69) is 51.8 Å². The molecule has 1 N–H and O–H groups in total. The third kappa shape index (κ3) is 4.08. The minimum absolute atomic E-state index is 0.152. The van der Waals surface area contributed by atoms with E-state index in [1.807, 2.05) is 12.1 Å². The van der Waals surface area contributed by atoms with Crippen LogP contribution in [-0.2, 0) is 0 Å². The fourth-order valence-corrected chi connectivity index (χ4v) is 3.39. The maximum atomic E-state index is 10.6. The van der Waals surface area contributed by atoms with E-state index < -0.39 is 6.10 Å². The summed E-state index contributed by atoms with van der Waals surface area (Å²) in [4.78, 5) is 2.39. The van der Waals surface area contributed by atoms with Crippen LogP contribution in [0, 0.1) is 12.3 Å². The molecule has 0 heterocycles. The summed E-state index contributed by atoms with van der Waals surface area (Å²) >= 11 is 0. The number of likely N-dealkylation sites (N-methyl/N-ethyl adjacent to an activating group) is 1. The number of benzene rings is 1. The molecule has 21 heavy (non-hydrogen) atoms. The fraction of sp³-hybridized carbons (Fsp3) is 0.684. The highest BCUT2D eigenvalue weighted by molar-refractivity contribution is 5.24. The van der Waals surface area contributed by atoms with Gasteiger partial charge in [-0.1, -0.05) is 43.7 Å². The van der Waals surface area contributed by atoms with E-state index in [1.165, 1.54) is 31.2 Å². The molecule has 0 bridgehead atoms. The summed E-state index contributed by atoms with van der Waals surface area (Å²) in [6.07, 6.45) is 4.65. The van der Waals surface area contributed by atoms with E-state index in [-0.39, 0.29) is 6.04 Å². The Morgan fingerprint density at radius 1 is 1.14 bits per heavy atom. The highest BCUT2D eigenvalue weighted by Crippen LogP contribution is 2.37. The van der Waals surface area contributed by atoms with Gasteiger partial charge < -0.3 is 5.11 Å². The number of aliphatic hydroxyl groups excluding tert-OH is 1. The van der Waals surface area contributed by atoms with Crippen molar-refractivity contribution in [1.29, 1.82) is 0 Å². The molecule has 0 spiro atoms. The molecule has 0 saturated heterocycles. The highest BCUT2D eigenvalue weighted by atomic mass is 16.3. The Bertz CT molecular complexity index is 441. The van der Waals surface area contributed by atoms with Crippen LogP contribution in [0.3, 0.4) is 0 Å². The van der Waals surface area contributed by atoms with Crippen molar-refractivity contribution in [2.75, 3.05) is 7.05 Å². The molecular formula is C19H31NO. The Balaban J connectivity index is 1.98.